The number of benzene rings is 3. The van der Waals surface area contributed by atoms with Gasteiger partial charge < -0.3 is 15.4 Å². The second-order valence-corrected chi connectivity index (χ2v) is 9.22. The zero-order chi connectivity index (χ0) is 25.2. The zero-order valence-electron chi connectivity index (χ0n) is 20.2. The minimum atomic E-state index is -0.479. The number of fused-ring (bicyclic) bond motifs is 1. The van der Waals surface area contributed by atoms with Gasteiger partial charge in [-0.1, -0.05) is 48.0 Å². The van der Waals surface area contributed by atoms with Crippen LogP contribution >= 0.6 is 11.6 Å². The predicted molar refractivity (Wildman–Crippen MR) is 141 cm³/mol. The molecule has 2 N–H and O–H groups in total. The van der Waals surface area contributed by atoms with E-state index in [1.807, 2.05) is 87.5 Å². The van der Waals surface area contributed by atoms with Crippen molar-refractivity contribution in [3.63, 3.8) is 0 Å². The van der Waals surface area contributed by atoms with Gasteiger partial charge >= 0.3 is 0 Å². The van der Waals surface area contributed by atoms with Crippen LogP contribution in [0.15, 0.2) is 84.3 Å². The molecule has 4 aromatic rings. The molecule has 1 atom stereocenters. The van der Waals surface area contributed by atoms with Crippen molar-refractivity contribution in [2.24, 2.45) is 0 Å². The maximum absolute atomic E-state index is 13.7. The van der Waals surface area contributed by atoms with Crippen LogP contribution in [-0.2, 0) is 11.4 Å². The number of ether oxygens (including phenoxy) is 1. The largest absolute Gasteiger partial charge is 0.489 e. The number of aromatic nitrogens is 3. The molecule has 1 aliphatic heterocycles. The van der Waals surface area contributed by atoms with Crippen LogP contribution in [0.25, 0.3) is 0 Å². The number of allylic oxidation sites excluding steroid dienone is 1. The number of amides is 1. The van der Waals surface area contributed by atoms with Crippen LogP contribution in [0, 0.1) is 13.8 Å². The Morgan fingerprint density at radius 3 is 2.67 bits per heavy atom. The van der Waals surface area contributed by atoms with Crippen molar-refractivity contribution in [3.8, 4) is 5.75 Å². The molecular formula is C28H26ClN5O2. The van der Waals surface area contributed by atoms with Crippen molar-refractivity contribution in [1.29, 1.82) is 0 Å². The minimum Gasteiger partial charge on any atom is -0.489 e. The van der Waals surface area contributed by atoms with E-state index in [-0.39, 0.29) is 5.91 Å². The summed E-state index contributed by atoms with van der Waals surface area (Å²) in [5.41, 5.74) is 6.07. The molecule has 36 heavy (non-hydrogen) atoms. The summed E-state index contributed by atoms with van der Waals surface area (Å²) in [4.78, 5) is 18.0. The summed E-state index contributed by atoms with van der Waals surface area (Å²) in [5, 5.41) is 11.4. The average Bonchev–Trinajstić information content (AvgIpc) is 3.34. The van der Waals surface area contributed by atoms with E-state index >= 15 is 0 Å². The molecule has 5 rings (SSSR count). The Balaban J connectivity index is 1.47. The highest BCUT2D eigenvalue weighted by Crippen LogP contribution is 2.36. The number of nitrogens with one attached hydrogen (secondary N) is 2. The van der Waals surface area contributed by atoms with Crippen LogP contribution < -0.4 is 15.4 Å². The molecule has 3 aromatic carbocycles. The van der Waals surface area contributed by atoms with Crippen LogP contribution in [0.1, 0.15) is 35.2 Å². The predicted octanol–water partition coefficient (Wildman–Crippen LogP) is 6.05. The van der Waals surface area contributed by atoms with E-state index in [2.05, 4.69) is 20.7 Å². The monoisotopic (exact) mass is 499 g/mol. The van der Waals surface area contributed by atoms with Gasteiger partial charge in [0, 0.05) is 16.4 Å². The average molecular weight is 500 g/mol. The molecule has 7 nitrogen and oxygen atoms in total. The summed E-state index contributed by atoms with van der Waals surface area (Å²) in [6.07, 6.45) is 1.48. The first-order valence-electron chi connectivity index (χ1n) is 11.6. The lowest BCUT2D eigenvalue weighted by molar-refractivity contribution is -0.113. The molecule has 2 heterocycles. The molecule has 0 spiro atoms. The number of nitrogens with zero attached hydrogens (tertiary/aromatic N) is 3. The Kier molecular flexibility index (Phi) is 6.48. The number of hydrogen-bond acceptors (Lipinski definition) is 5. The van der Waals surface area contributed by atoms with E-state index in [0.717, 1.165) is 33.6 Å². The van der Waals surface area contributed by atoms with Crippen molar-refractivity contribution < 1.29 is 9.53 Å². The number of anilines is 2. The van der Waals surface area contributed by atoms with Crippen molar-refractivity contribution in [3.05, 3.63) is 112 Å². The Hall–Kier alpha value is -4.10. The molecule has 1 aliphatic rings. The van der Waals surface area contributed by atoms with Gasteiger partial charge in [0.2, 0.25) is 5.95 Å². The Labute approximate surface area is 214 Å². The van der Waals surface area contributed by atoms with E-state index in [1.165, 1.54) is 6.33 Å². The molecule has 8 heteroatoms. The lowest BCUT2D eigenvalue weighted by Crippen LogP contribution is -2.31. The fraction of sp³-hybridized carbons (Fsp3) is 0.179. The van der Waals surface area contributed by atoms with Gasteiger partial charge in [-0.05, 0) is 73.4 Å². The molecule has 0 saturated carbocycles. The second-order valence-electron chi connectivity index (χ2n) is 8.78. The molecule has 0 fully saturated rings. The summed E-state index contributed by atoms with van der Waals surface area (Å²) in [7, 11) is 0. The fourth-order valence-electron chi connectivity index (χ4n) is 4.29. The van der Waals surface area contributed by atoms with Crippen molar-refractivity contribution in [2.75, 3.05) is 10.6 Å². The van der Waals surface area contributed by atoms with E-state index in [4.69, 9.17) is 16.3 Å². The molecule has 1 aromatic heterocycles. The first-order chi connectivity index (χ1) is 17.4. The summed E-state index contributed by atoms with van der Waals surface area (Å²) < 4.78 is 7.78. The number of hydrogen-bond donors (Lipinski definition) is 2. The van der Waals surface area contributed by atoms with Gasteiger partial charge in [0.15, 0.2) is 0 Å². The summed E-state index contributed by atoms with van der Waals surface area (Å²) in [6, 6.07) is 20.7. The number of carbonyl (C=O) groups excluding carboxylic acids is 1. The van der Waals surface area contributed by atoms with Gasteiger partial charge in [0.05, 0.1) is 5.57 Å². The molecule has 0 saturated heterocycles. The molecular weight excluding hydrogens is 474 g/mol. The smallest absolute Gasteiger partial charge is 0.255 e. The molecule has 0 bridgehead atoms. The normalized spacial score (nSPS) is 14.7. The molecule has 1 amide bonds. The first kappa shape index (κ1) is 23.6. The Morgan fingerprint density at radius 1 is 1.08 bits per heavy atom. The number of rotatable bonds is 6. The van der Waals surface area contributed by atoms with E-state index < -0.39 is 6.04 Å². The maximum Gasteiger partial charge on any atom is 0.255 e. The summed E-state index contributed by atoms with van der Waals surface area (Å²) in [5.74, 6) is 1.06. The summed E-state index contributed by atoms with van der Waals surface area (Å²) in [6.45, 7) is 6.30. The van der Waals surface area contributed by atoms with E-state index in [9.17, 15) is 4.79 Å². The Bertz CT molecular complexity index is 1460. The quantitative estimate of drug-likeness (QED) is 0.337. The highest BCUT2D eigenvalue weighted by atomic mass is 35.5. The first-order valence-corrected chi connectivity index (χ1v) is 12.0. The van der Waals surface area contributed by atoms with Crippen LogP contribution in [0.3, 0.4) is 0 Å². The standard InChI is InChI=1S/C28H26ClN5O2/c1-17-6-4-9-24(18(17)2)33-27(35)25-19(3)32-28-30-16-31-34(28)26(25)21-7-5-8-23(14-21)36-15-20-10-12-22(29)13-11-20/h4-14,16,26H,15H2,1-3H3,(H,33,35)(H,30,31,32). The van der Waals surface area contributed by atoms with Crippen LogP contribution in [0.4, 0.5) is 11.6 Å². The number of aryl methyl sites for hydroxylation is 1. The number of halogens is 1. The van der Waals surface area contributed by atoms with Gasteiger partial charge in [-0.2, -0.15) is 10.1 Å². The lowest BCUT2D eigenvalue weighted by atomic mass is 9.94. The van der Waals surface area contributed by atoms with Crippen molar-refractivity contribution in [1.82, 2.24) is 14.8 Å². The maximum atomic E-state index is 13.7. The van der Waals surface area contributed by atoms with Crippen LogP contribution in [-0.4, -0.2) is 20.7 Å². The highest BCUT2D eigenvalue weighted by molar-refractivity contribution is 6.30. The third-order valence-electron chi connectivity index (χ3n) is 6.38. The minimum absolute atomic E-state index is 0.202. The van der Waals surface area contributed by atoms with Gasteiger partial charge in [-0.25, -0.2) is 4.68 Å². The molecule has 0 aliphatic carbocycles. The molecule has 0 radical (unpaired) electrons. The Morgan fingerprint density at radius 2 is 1.86 bits per heavy atom. The van der Waals surface area contributed by atoms with Crippen LogP contribution in [0.2, 0.25) is 5.02 Å². The van der Waals surface area contributed by atoms with E-state index in [1.54, 1.807) is 4.68 Å². The summed E-state index contributed by atoms with van der Waals surface area (Å²) >= 11 is 5.99. The fourth-order valence-corrected chi connectivity index (χ4v) is 4.42. The number of carbonyl (C=O) groups is 1. The third-order valence-corrected chi connectivity index (χ3v) is 6.64. The second kappa shape index (κ2) is 9.87. The SMILES string of the molecule is CC1=C(C(=O)Nc2cccc(C)c2C)C(c2cccc(OCc3ccc(Cl)cc3)c2)n2ncnc2N1. The third kappa shape index (κ3) is 4.70. The van der Waals surface area contributed by atoms with Crippen molar-refractivity contribution in [2.45, 2.75) is 33.4 Å². The molecule has 182 valence electrons. The van der Waals surface area contributed by atoms with Gasteiger partial charge in [0.1, 0.15) is 24.7 Å². The molecule has 1 unspecified atom stereocenters. The zero-order valence-corrected chi connectivity index (χ0v) is 21.0. The van der Waals surface area contributed by atoms with Gasteiger partial charge in [-0.3, -0.25) is 4.79 Å². The van der Waals surface area contributed by atoms with E-state index in [0.29, 0.717) is 28.9 Å². The topological polar surface area (TPSA) is 81.1 Å². The van der Waals surface area contributed by atoms with Gasteiger partial charge in [0.25, 0.3) is 5.91 Å². The highest BCUT2D eigenvalue weighted by Gasteiger charge is 2.33. The lowest BCUT2D eigenvalue weighted by Gasteiger charge is -2.29. The van der Waals surface area contributed by atoms with Crippen molar-refractivity contribution >= 4 is 29.1 Å². The van der Waals surface area contributed by atoms with Crippen LogP contribution in [0.5, 0.6) is 5.75 Å². The van der Waals surface area contributed by atoms with Gasteiger partial charge in [-0.15, -0.1) is 0 Å².